The van der Waals surface area contributed by atoms with Crippen molar-refractivity contribution in [3.63, 3.8) is 0 Å². The van der Waals surface area contributed by atoms with Gasteiger partial charge in [-0.15, -0.1) is 0 Å². The fraction of sp³-hybridized carbons (Fsp3) is 0.278. The Morgan fingerprint density at radius 3 is 2.46 bits per heavy atom. The molecule has 0 atom stereocenters. The average molecular weight is 397 g/mol. The molecule has 2 aromatic rings. The Hall–Kier alpha value is -2.25. The summed E-state index contributed by atoms with van der Waals surface area (Å²) in [5.41, 5.74) is 0.641. The van der Waals surface area contributed by atoms with Crippen molar-refractivity contribution >= 4 is 27.8 Å². The standard InChI is InChI=1S/C18H21ClN2O4S/c1-4-24-18-10-5-14(11-17(18)19)12-20-21-26(22,23)16-8-6-15(7-9-16)25-13(2)3/h5-13,21H,4H2,1-3H3/b20-12+. The Kier molecular flexibility index (Phi) is 6.88. The van der Waals surface area contributed by atoms with E-state index in [1.807, 2.05) is 20.8 Å². The molecule has 2 rings (SSSR count). The number of sulfonamides is 1. The van der Waals surface area contributed by atoms with E-state index in [1.165, 1.54) is 18.3 Å². The summed E-state index contributed by atoms with van der Waals surface area (Å²) in [7, 11) is -3.76. The lowest BCUT2D eigenvalue weighted by Crippen LogP contribution is -2.18. The van der Waals surface area contributed by atoms with Crippen molar-refractivity contribution in [2.75, 3.05) is 6.61 Å². The fourth-order valence-corrected chi connectivity index (χ4v) is 3.10. The summed E-state index contributed by atoms with van der Waals surface area (Å²) in [6, 6.07) is 11.2. The molecule has 0 saturated carbocycles. The van der Waals surface area contributed by atoms with Crippen LogP contribution >= 0.6 is 11.6 Å². The van der Waals surface area contributed by atoms with E-state index in [2.05, 4.69) is 9.93 Å². The third-order valence-corrected chi connectivity index (χ3v) is 4.68. The fourth-order valence-electron chi connectivity index (χ4n) is 2.06. The molecular formula is C18H21ClN2O4S. The molecule has 2 aromatic carbocycles. The van der Waals surface area contributed by atoms with Crippen LogP contribution in [0.4, 0.5) is 0 Å². The highest BCUT2D eigenvalue weighted by Gasteiger charge is 2.13. The maximum atomic E-state index is 12.3. The highest BCUT2D eigenvalue weighted by molar-refractivity contribution is 7.89. The normalized spacial score (nSPS) is 11.7. The van der Waals surface area contributed by atoms with Gasteiger partial charge >= 0.3 is 0 Å². The molecule has 0 aromatic heterocycles. The van der Waals surface area contributed by atoms with Crippen LogP contribution in [0, 0.1) is 0 Å². The zero-order chi connectivity index (χ0) is 19.2. The number of ether oxygens (including phenoxy) is 2. The van der Waals surface area contributed by atoms with E-state index < -0.39 is 10.0 Å². The summed E-state index contributed by atoms with van der Waals surface area (Å²) < 4.78 is 35.3. The molecule has 26 heavy (non-hydrogen) atoms. The predicted molar refractivity (Wildman–Crippen MR) is 103 cm³/mol. The van der Waals surface area contributed by atoms with Gasteiger partial charge in [0.05, 0.1) is 28.8 Å². The topological polar surface area (TPSA) is 77.0 Å². The molecule has 0 aliphatic rings. The zero-order valence-electron chi connectivity index (χ0n) is 14.8. The van der Waals surface area contributed by atoms with Crippen LogP contribution in [0.2, 0.25) is 5.02 Å². The van der Waals surface area contributed by atoms with Crippen molar-refractivity contribution < 1.29 is 17.9 Å². The third kappa shape index (κ3) is 5.64. The van der Waals surface area contributed by atoms with Crippen molar-refractivity contribution in [3.8, 4) is 11.5 Å². The van der Waals surface area contributed by atoms with Crippen molar-refractivity contribution in [1.29, 1.82) is 0 Å². The molecule has 0 radical (unpaired) electrons. The molecule has 0 spiro atoms. The molecule has 8 heteroatoms. The van der Waals surface area contributed by atoms with Crippen LogP contribution in [0.3, 0.4) is 0 Å². The highest BCUT2D eigenvalue weighted by atomic mass is 35.5. The number of nitrogens with one attached hydrogen (secondary N) is 1. The minimum absolute atomic E-state index is 0.0149. The van der Waals surface area contributed by atoms with Crippen LogP contribution in [0.25, 0.3) is 0 Å². The minimum atomic E-state index is -3.76. The molecule has 0 amide bonds. The lowest BCUT2D eigenvalue weighted by Gasteiger charge is -2.10. The number of halogens is 1. The monoisotopic (exact) mass is 396 g/mol. The van der Waals surface area contributed by atoms with Gasteiger partial charge in [0.2, 0.25) is 0 Å². The number of benzene rings is 2. The van der Waals surface area contributed by atoms with E-state index in [0.717, 1.165) is 0 Å². The predicted octanol–water partition coefficient (Wildman–Crippen LogP) is 3.84. The highest BCUT2D eigenvalue weighted by Crippen LogP contribution is 2.24. The van der Waals surface area contributed by atoms with Crippen LogP contribution in [0.15, 0.2) is 52.5 Å². The summed E-state index contributed by atoms with van der Waals surface area (Å²) in [6.07, 6.45) is 1.39. The average Bonchev–Trinajstić information content (AvgIpc) is 2.57. The maximum Gasteiger partial charge on any atom is 0.276 e. The second-order valence-corrected chi connectivity index (χ2v) is 7.68. The van der Waals surface area contributed by atoms with E-state index in [4.69, 9.17) is 21.1 Å². The van der Waals surface area contributed by atoms with Crippen LogP contribution in [0.5, 0.6) is 11.5 Å². The Morgan fingerprint density at radius 2 is 1.88 bits per heavy atom. The molecule has 0 heterocycles. The van der Waals surface area contributed by atoms with E-state index >= 15 is 0 Å². The molecule has 0 aliphatic heterocycles. The van der Waals surface area contributed by atoms with Crippen LogP contribution in [0.1, 0.15) is 26.3 Å². The van der Waals surface area contributed by atoms with Gasteiger partial charge in [0.25, 0.3) is 10.0 Å². The smallest absolute Gasteiger partial charge is 0.276 e. The number of rotatable bonds is 8. The maximum absolute atomic E-state index is 12.3. The summed E-state index contributed by atoms with van der Waals surface area (Å²) >= 11 is 6.09. The SMILES string of the molecule is CCOc1ccc(/C=N/NS(=O)(=O)c2ccc(OC(C)C)cc2)cc1Cl. The molecule has 1 N–H and O–H groups in total. The molecule has 140 valence electrons. The first-order valence-electron chi connectivity index (χ1n) is 8.05. The van der Waals surface area contributed by atoms with Gasteiger partial charge in [-0.25, -0.2) is 4.83 Å². The number of nitrogens with zero attached hydrogens (tertiary/aromatic N) is 1. The van der Waals surface area contributed by atoms with Crippen LogP contribution < -0.4 is 14.3 Å². The van der Waals surface area contributed by atoms with Gasteiger partial charge in [0.15, 0.2) is 0 Å². The Labute approximate surface area is 158 Å². The first-order chi connectivity index (χ1) is 12.3. The molecule has 0 saturated heterocycles. The van der Waals surface area contributed by atoms with Crippen LogP contribution in [-0.2, 0) is 10.0 Å². The van der Waals surface area contributed by atoms with Gasteiger partial charge < -0.3 is 9.47 Å². The van der Waals surface area contributed by atoms with Crippen molar-refractivity contribution in [3.05, 3.63) is 53.1 Å². The molecule has 6 nitrogen and oxygen atoms in total. The summed E-state index contributed by atoms with van der Waals surface area (Å²) in [5.74, 6) is 1.17. The zero-order valence-corrected chi connectivity index (χ0v) is 16.3. The lowest BCUT2D eigenvalue weighted by molar-refractivity contribution is 0.242. The van der Waals surface area contributed by atoms with Gasteiger partial charge in [-0.3, -0.25) is 0 Å². The second kappa shape index (κ2) is 8.91. The van der Waals surface area contributed by atoms with Crippen molar-refractivity contribution in [2.24, 2.45) is 5.10 Å². The second-order valence-electron chi connectivity index (χ2n) is 5.61. The van der Waals surface area contributed by atoms with E-state index in [-0.39, 0.29) is 11.0 Å². The van der Waals surface area contributed by atoms with Gasteiger partial charge in [-0.2, -0.15) is 13.5 Å². The largest absolute Gasteiger partial charge is 0.492 e. The number of hydrogen-bond acceptors (Lipinski definition) is 5. The first-order valence-corrected chi connectivity index (χ1v) is 9.92. The Balaban J connectivity index is 2.05. The summed E-state index contributed by atoms with van der Waals surface area (Å²) in [6.45, 7) is 6.16. The molecule has 0 aliphatic carbocycles. The number of hydrogen-bond donors (Lipinski definition) is 1. The Bertz CT molecular complexity index is 865. The summed E-state index contributed by atoms with van der Waals surface area (Å²) in [4.78, 5) is 2.26. The molecule has 0 fully saturated rings. The Morgan fingerprint density at radius 1 is 1.19 bits per heavy atom. The third-order valence-electron chi connectivity index (χ3n) is 3.15. The van der Waals surface area contributed by atoms with Crippen LogP contribution in [-0.4, -0.2) is 27.3 Å². The molecule has 0 unspecified atom stereocenters. The number of hydrazone groups is 1. The summed E-state index contributed by atoms with van der Waals surface area (Å²) in [5, 5.41) is 4.21. The molecular weight excluding hydrogens is 376 g/mol. The van der Waals surface area contributed by atoms with Gasteiger partial charge in [0.1, 0.15) is 11.5 Å². The molecule has 0 bridgehead atoms. The van der Waals surface area contributed by atoms with E-state index in [1.54, 1.807) is 30.3 Å². The van der Waals surface area contributed by atoms with E-state index in [0.29, 0.717) is 28.7 Å². The quantitative estimate of drug-likeness (QED) is 0.543. The lowest BCUT2D eigenvalue weighted by atomic mass is 10.2. The van der Waals surface area contributed by atoms with Crippen molar-refractivity contribution in [1.82, 2.24) is 4.83 Å². The first kappa shape index (κ1) is 20.1. The minimum Gasteiger partial charge on any atom is -0.492 e. The van der Waals surface area contributed by atoms with Gasteiger partial charge in [0, 0.05) is 0 Å². The van der Waals surface area contributed by atoms with Gasteiger partial charge in [-0.05, 0) is 68.8 Å². The van der Waals surface area contributed by atoms with E-state index in [9.17, 15) is 8.42 Å². The van der Waals surface area contributed by atoms with Gasteiger partial charge in [-0.1, -0.05) is 11.6 Å². The van der Waals surface area contributed by atoms with Crippen molar-refractivity contribution in [2.45, 2.75) is 31.8 Å².